The van der Waals surface area contributed by atoms with Crippen molar-refractivity contribution in [1.29, 1.82) is 0 Å². The van der Waals surface area contributed by atoms with Gasteiger partial charge in [-0.3, -0.25) is 4.90 Å². The van der Waals surface area contributed by atoms with Gasteiger partial charge in [0.25, 0.3) is 0 Å². The van der Waals surface area contributed by atoms with E-state index in [0.717, 1.165) is 43.4 Å². The second-order valence-corrected chi connectivity index (χ2v) is 8.24. The Labute approximate surface area is 155 Å². The normalized spacial score (nSPS) is 22.9. The quantitative estimate of drug-likeness (QED) is 0.821. The van der Waals surface area contributed by atoms with Gasteiger partial charge >= 0.3 is 0 Å². The van der Waals surface area contributed by atoms with Crippen LogP contribution in [0.3, 0.4) is 0 Å². The summed E-state index contributed by atoms with van der Waals surface area (Å²) in [5.74, 6) is 2.80. The van der Waals surface area contributed by atoms with E-state index in [9.17, 15) is 0 Å². The molecule has 4 rings (SSSR count). The third-order valence-electron chi connectivity index (χ3n) is 5.50. The van der Waals surface area contributed by atoms with E-state index in [1.165, 1.54) is 18.4 Å². The number of ether oxygens (including phenoxy) is 2. The van der Waals surface area contributed by atoms with Gasteiger partial charge < -0.3 is 14.0 Å². The van der Waals surface area contributed by atoms with E-state index in [1.54, 1.807) is 0 Å². The Balaban J connectivity index is 1.44. The topological polar surface area (TPSA) is 52.4 Å². The number of fused-ring (bicyclic) bond motifs is 1. The van der Waals surface area contributed by atoms with Crippen molar-refractivity contribution in [2.45, 2.75) is 52.6 Å². The van der Waals surface area contributed by atoms with Crippen LogP contribution in [0, 0.1) is 5.41 Å². The van der Waals surface area contributed by atoms with E-state index in [0.29, 0.717) is 12.8 Å². The van der Waals surface area contributed by atoms with Gasteiger partial charge in [0.2, 0.25) is 6.79 Å². The van der Waals surface area contributed by atoms with Gasteiger partial charge in [0.1, 0.15) is 12.2 Å². The van der Waals surface area contributed by atoms with Gasteiger partial charge in [-0.15, -0.1) is 10.2 Å². The molecule has 26 heavy (non-hydrogen) atoms. The Hall–Kier alpha value is -2.08. The van der Waals surface area contributed by atoms with Crippen LogP contribution in [0.1, 0.15) is 51.0 Å². The van der Waals surface area contributed by atoms with Gasteiger partial charge in [-0.25, -0.2) is 0 Å². The minimum absolute atomic E-state index is 0.259. The molecule has 1 atom stereocenters. The molecule has 0 N–H and O–H groups in total. The Morgan fingerprint density at radius 3 is 2.92 bits per heavy atom. The fourth-order valence-corrected chi connectivity index (χ4v) is 4.26. The summed E-state index contributed by atoms with van der Waals surface area (Å²) >= 11 is 0. The van der Waals surface area contributed by atoms with E-state index in [4.69, 9.17) is 9.47 Å². The number of likely N-dealkylation sites (tertiary alicyclic amines) is 1. The lowest BCUT2D eigenvalue weighted by atomic mass is 9.77. The molecule has 6 heteroatoms. The maximum absolute atomic E-state index is 5.54. The van der Waals surface area contributed by atoms with Crippen LogP contribution in [0.2, 0.25) is 0 Å². The fourth-order valence-electron chi connectivity index (χ4n) is 4.26. The first kappa shape index (κ1) is 17.3. The molecule has 0 spiro atoms. The number of nitrogens with zero attached hydrogens (tertiary/aromatic N) is 4. The van der Waals surface area contributed by atoms with Crippen molar-refractivity contribution in [3.63, 3.8) is 0 Å². The maximum atomic E-state index is 5.54. The molecule has 2 aliphatic heterocycles. The van der Waals surface area contributed by atoms with Crippen molar-refractivity contribution >= 4 is 0 Å². The molecule has 6 nitrogen and oxygen atoms in total. The number of hydrogen-bond donors (Lipinski definition) is 0. The minimum Gasteiger partial charge on any atom is -0.454 e. The molecule has 1 aromatic heterocycles. The van der Waals surface area contributed by atoms with Crippen molar-refractivity contribution in [2.24, 2.45) is 5.41 Å². The van der Waals surface area contributed by atoms with Gasteiger partial charge in [-0.2, -0.15) is 0 Å². The zero-order valence-corrected chi connectivity index (χ0v) is 15.9. The minimum atomic E-state index is 0.259. The molecule has 140 valence electrons. The van der Waals surface area contributed by atoms with Crippen molar-refractivity contribution in [1.82, 2.24) is 19.7 Å². The molecule has 3 heterocycles. The first-order valence-electron chi connectivity index (χ1n) is 9.52. The number of hydrogen-bond acceptors (Lipinski definition) is 5. The highest BCUT2D eigenvalue weighted by atomic mass is 16.7. The van der Waals surface area contributed by atoms with Crippen LogP contribution in [0.4, 0.5) is 0 Å². The van der Waals surface area contributed by atoms with Crippen LogP contribution in [-0.4, -0.2) is 39.5 Å². The van der Waals surface area contributed by atoms with Crippen LogP contribution >= 0.6 is 0 Å². The monoisotopic (exact) mass is 356 g/mol. The smallest absolute Gasteiger partial charge is 0.231 e. The molecule has 1 fully saturated rings. The van der Waals surface area contributed by atoms with Gasteiger partial charge in [0.05, 0.1) is 6.54 Å². The molecular formula is C20H28N4O2. The summed E-state index contributed by atoms with van der Waals surface area (Å²) in [6.07, 6.45) is 5.36. The van der Waals surface area contributed by atoms with Crippen LogP contribution in [0.15, 0.2) is 24.5 Å². The summed E-state index contributed by atoms with van der Waals surface area (Å²) in [6, 6.07) is 6.74. The lowest BCUT2D eigenvalue weighted by molar-refractivity contribution is 0.0935. The highest BCUT2D eigenvalue weighted by Crippen LogP contribution is 2.37. The number of piperidine rings is 1. The average Bonchev–Trinajstić information content (AvgIpc) is 3.23. The highest BCUT2D eigenvalue weighted by molar-refractivity contribution is 5.44. The Morgan fingerprint density at radius 2 is 2.08 bits per heavy atom. The molecule has 2 aliphatic rings. The van der Waals surface area contributed by atoms with Gasteiger partial charge in [-0.05, 0) is 62.8 Å². The van der Waals surface area contributed by atoms with Crippen LogP contribution < -0.4 is 9.47 Å². The first-order valence-corrected chi connectivity index (χ1v) is 9.52. The van der Waals surface area contributed by atoms with E-state index in [1.807, 2.05) is 12.4 Å². The third-order valence-corrected chi connectivity index (χ3v) is 5.50. The Kier molecular flexibility index (Phi) is 4.61. The zero-order chi connectivity index (χ0) is 18.1. The summed E-state index contributed by atoms with van der Waals surface area (Å²) in [7, 11) is 0. The van der Waals surface area contributed by atoms with Crippen LogP contribution in [0.5, 0.6) is 11.5 Å². The second-order valence-electron chi connectivity index (χ2n) is 8.24. The molecule has 0 bridgehead atoms. The lowest BCUT2D eigenvalue weighted by Gasteiger charge is -2.40. The van der Waals surface area contributed by atoms with Crippen LogP contribution in [0.25, 0.3) is 0 Å². The van der Waals surface area contributed by atoms with Crippen molar-refractivity contribution in [3.05, 3.63) is 35.9 Å². The summed E-state index contributed by atoms with van der Waals surface area (Å²) in [5.41, 5.74) is 1.58. The summed E-state index contributed by atoms with van der Waals surface area (Å²) < 4.78 is 13.1. The van der Waals surface area contributed by atoms with Gasteiger partial charge in [0.15, 0.2) is 11.5 Å². The van der Waals surface area contributed by atoms with E-state index >= 15 is 0 Å². The molecule has 0 radical (unpaired) electrons. The van der Waals surface area contributed by atoms with Crippen molar-refractivity contribution in [2.75, 3.05) is 19.9 Å². The number of aromatic nitrogens is 3. The molecule has 1 unspecified atom stereocenters. The number of rotatable bonds is 5. The fraction of sp³-hybridized carbons (Fsp3) is 0.600. The number of benzene rings is 1. The molecule has 1 aromatic carbocycles. The third kappa shape index (κ3) is 3.56. The van der Waals surface area contributed by atoms with Gasteiger partial charge in [-0.1, -0.05) is 13.0 Å². The largest absolute Gasteiger partial charge is 0.454 e. The Bertz CT molecular complexity index is 773. The molecule has 2 aromatic rings. The maximum Gasteiger partial charge on any atom is 0.231 e. The molecule has 0 saturated carbocycles. The van der Waals surface area contributed by atoms with E-state index in [2.05, 4.69) is 52.6 Å². The summed E-state index contributed by atoms with van der Waals surface area (Å²) in [6.45, 7) is 10.2. The van der Waals surface area contributed by atoms with Crippen LogP contribution in [-0.2, 0) is 13.0 Å². The molecular weight excluding hydrogens is 328 g/mol. The standard InChI is InChI=1S/C20H28N4O2/c1-15(2)24-13-21-22-19(24)11-23-8-4-7-20(3,12-23)10-16-5-6-17-18(9-16)26-14-25-17/h5-6,9,13,15H,4,7-8,10-12,14H2,1-3H3. The second kappa shape index (κ2) is 6.91. The summed E-state index contributed by atoms with van der Waals surface area (Å²) in [4.78, 5) is 2.53. The van der Waals surface area contributed by atoms with E-state index in [-0.39, 0.29) is 5.41 Å². The van der Waals surface area contributed by atoms with Crippen molar-refractivity contribution < 1.29 is 9.47 Å². The SMILES string of the molecule is CC(C)n1cnnc1CN1CCCC(C)(Cc2ccc3c(c2)OCO3)C1. The zero-order valence-electron chi connectivity index (χ0n) is 15.9. The molecule has 1 saturated heterocycles. The Morgan fingerprint density at radius 1 is 1.23 bits per heavy atom. The molecule has 0 amide bonds. The molecule has 0 aliphatic carbocycles. The predicted octanol–water partition coefficient (Wildman–Crippen LogP) is 3.43. The lowest BCUT2D eigenvalue weighted by Crippen LogP contribution is -2.42. The average molecular weight is 356 g/mol. The highest BCUT2D eigenvalue weighted by Gasteiger charge is 2.32. The van der Waals surface area contributed by atoms with Gasteiger partial charge in [0, 0.05) is 12.6 Å². The summed E-state index contributed by atoms with van der Waals surface area (Å²) in [5, 5.41) is 8.45. The van der Waals surface area contributed by atoms with E-state index < -0.39 is 0 Å². The predicted molar refractivity (Wildman–Crippen MR) is 99.3 cm³/mol. The van der Waals surface area contributed by atoms with Crippen molar-refractivity contribution in [3.8, 4) is 11.5 Å². The first-order chi connectivity index (χ1) is 12.5.